The topological polar surface area (TPSA) is 72.0 Å². The molecule has 0 radical (unpaired) electrons. The van der Waals surface area contributed by atoms with Gasteiger partial charge in [0, 0.05) is 37.9 Å². The van der Waals surface area contributed by atoms with E-state index in [9.17, 15) is 22.8 Å². The third-order valence-corrected chi connectivity index (χ3v) is 5.28. The van der Waals surface area contributed by atoms with Gasteiger partial charge in [0.2, 0.25) is 0 Å². The maximum atomic E-state index is 12.8. The Kier molecular flexibility index (Phi) is 7.12. The summed E-state index contributed by atoms with van der Waals surface area (Å²) in [5.41, 5.74) is -0.448. The van der Waals surface area contributed by atoms with E-state index in [0.717, 1.165) is 12.3 Å². The van der Waals surface area contributed by atoms with E-state index < -0.39 is 11.7 Å². The predicted molar refractivity (Wildman–Crippen MR) is 112 cm³/mol. The lowest BCUT2D eigenvalue weighted by atomic mass is 10.1. The zero-order chi connectivity index (χ0) is 23.5. The number of rotatable bonds is 6. The zero-order valence-corrected chi connectivity index (χ0v) is 18.2. The number of hydrogen-bond donors (Lipinski definition) is 0. The molecule has 1 fully saturated rings. The van der Waals surface area contributed by atoms with Crippen molar-refractivity contribution in [3.05, 3.63) is 46.6 Å². The van der Waals surface area contributed by atoms with Gasteiger partial charge in [-0.2, -0.15) is 13.2 Å². The van der Waals surface area contributed by atoms with Crippen LogP contribution in [0.1, 0.15) is 22.8 Å². The first-order chi connectivity index (χ1) is 15.1. The first kappa shape index (κ1) is 23.6. The quantitative estimate of drug-likeness (QED) is 0.598. The van der Waals surface area contributed by atoms with Crippen LogP contribution in [0.25, 0.3) is 0 Å². The van der Waals surface area contributed by atoms with Gasteiger partial charge in [-0.25, -0.2) is 4.98 Å². The second kappa shape index (κ2) is 9.64. The molecule has 1 aromatic carbocycles. The van der Waals surface area contributed by atoms with E-state index in [-0.39, 0.29) is 29.1 Å². The Bertz CT molecular complexity index is 1010. The van der Waals surface area contributed by atoms with Crippen LogP contribution in [0, 0.1) is 0 Å². The number of anilines is 1. The van der Waals surface area contributed by atoms with Gasteiger partial charge in [-0.15, -0.1) is 0 Å². The van der Waals surface area contributed by atoms with Crippen molar-refractivity contribution in [1.82, 2.24) is 9.88 Å². The summed E-state index contributed by atoms with van der Waals surface area (Å²) in [5.74, 6) is 0.558. The summed E-state index contributed by atoms with van der Waals surface area (Å²) >= 11 is 6.01. The summed E-state index contributed by atoms with van der Waals surface area (Å²) in [6.45, 7) is 2.60. The van der Waals surface area contributed by atoms with E-state index >= 15 is 0 Å². The molecule has 0 aliphatic carbocycles. The molecule has 0 N–H and O–H groups in total. The molecule has 11 heteroatoms. The minimum atomic E-state index is -4.52. The summed E-state index contributed by atoms with van der Waals surface area (Å²) < 4.78 is 49.2. The Balaban J connectivity index is 1.57. The fourth-order valence-corrected chi connectivity index (χ4v) is 3.51. The molecular weight excluding hydrogens is 451 g/mol. The number of piperazine rings is 1. The van der Waals surface area contributed by atoms with Gasteiger partial charge < -0.3 is 19.3 Å². The van der Waals surface area contributed by atoms with Gasteiger partial charge in [0.25, 0.3) is 5.91 Å². The third kappa shape index (κ3) is 5.42. The average Bonchev–Trinajstić information content (AvgIpc) is 2.76. The molecule has 1 aliphatic heterocycles. The Labute approximate surface area is 187 Å². The zero-order valence-electron chi connectivity index (χ0n) is 17.4. The van der Waals surface area contributed by atoms with Crippen LogP contribution in [0.5, 0.6) is 11.5 Å². The standard InChI is InChI=1S/C21H21ClF3N3O4/c1-13(29)14-3-4-17(18(9-14)31-2)32-12-19(30)27-5-7-28(8-6-27)20-16(22)10-15(11-26-20)21(23,24)25/h3-4,9-11H,5-8,12H2,1-2H3. The van der Waals surface area contributed by atoms with Gasteiger partial charge in [-0.3, -0.25) is 9.59 Å². The molecule has 0 saturated carbocycles. The van der Waals surface area contributed by atoms with E-state index in [2.05, 4.69) is 4.98 Å². The van der Waals surface area contributed by atoms with Crippen molar-refractivity contribution in [3.63, 3.8) is 0 Å². The lowest BCUT2D eigenvalue weighted by molar-refractivity contribution is -0.138. The number of amides is 1. The smallest absolute Gasteiger partial charge is 0.417 e. The van der Waals surface area contributed by atoms with Gasteiger partial charge in [-0.1, -0.05) is 11.6 Å². The minimum absolute atomic E-state index is 0.0935. The summed E-state index contributed by atoms with van der Waals surface area (Å²) in [4.78, 5) is 31.2. The highest BCUT2D eigenvalue weighted by molar-refractivity contribution is 6.33. The Morgan fingerprint density at radius 1 is 1.12 bits per heavy atom. The first-order valence-corrected chi connectivity index (χ1v) is 10.0. The van der Waals surface area contributed by atoms with E-state index in [1.165, 1.54) is 14.0 Å². The fraction of sp³-hybridized carbons (Fsp3) is 0.381. The molecule has 1 aromatic heterocycles. The first-order valence-electron chi connectivity index (χ1n) is 9.67. The van der Waals surface area contributed by atoms with Crippen molar-refractivity contribution >= 4 is 29.1 Å². The number of carbonyl (C=O) groups is 2. The van der Waals surface area contributed by atoms with Gasteiger partial charge in [0.15, 0.2) is 23.9 Å². The maximum Gasteiger partial charge on any atom is 0.417 e. The number of ether oxygens (including phenoxy) is 2. The molecule has 1 amide bonds. The summed E-state index contributed by atoms with van der Waals surface area (Å²) in [6.07, 6.45) is -3.77. The molecule has 1 saturated heterocycles. The van der Waals surface area contributed by atoms with Crippen molar-refractivity contribution in [1.29, 1.82) is 0 Å². The minimum Gasteiger partial charge on any atom is -0.493 e. The SMILES string of the molecule is COc1cc(C(C)=O)ccc1OCC(=O)N1CCN(c2ncc(C(F)(F)F)cc2Cl)CC1. The van der Waals surface area contributed by atoms with E-state index in [1.807, 2.05) is 0 Å². The Morgan fingerprint density at radius 2 is 1.81 bits per heavy atom. The molecule has 0 bridgehead atoms. The van der Waals surface area contributed by atoms with Crippen LogP contribution in [0.15, 0.2) is 30.5 Å². The number of aromatic nitrogens is 1. The van der Waals surface area contributed by atoms with Crippen LogP contribution in [0.4, 0.5) is 19.0 Å². The highest BCUT2D eigenvalue weighted by atomic mass is 35.5. The summed E-state index contributed by atoms with van der Waals surface area (Å²) in [5, 5.41) is -0.0935. The molecule has 32 heavy (non-hydrogen) atoms. The molecule has 7 nitrogen and oxygen atoms in total. The van der Waals surface area contributed by atoms with Crippen molar-refractivity contribution in [3.8, 4) is 11.5 Å². The normalized spacial score (nSPS) is 14.3. The van der Waals surface area contributed by atoms with Crippen LogP contribution < -0.4 is 14.4 Å². The maximum absolute atomic E-state index is 12.8. The highest BCUT2D eigenvalue weighted by Crippen LogP contribution is 2.34. The molecule has 2 heterocycles. The van der Waals surface area contributed by atoms with Gasteiger partial charge in [0.1, 0.15) is 5.82 Å². The number of hydrogen-bond acceptors (Lipinski definition) is 6. The van der Waals surface area contributed by atoms with Gasteiger partial charge >= 0.3 is 6.18 Å². The molecule has 0 unspecified atom stereocenters. The van der Waals surface area contributed by atoms with Crippen molar-refractivity contribution in [2.45, 2.75) is 13.1 Å². The van der Waals surface area contributed by atoms with Gasteiger partial charge in [-0.05, 0) is 31.2 Å². The second-order valence-electron chi connectivity index (χ2n) is 7.11. The lowest BCUT2D eigenvalue weighted by Gasteiger charge is -2.35. The number of methoxy groups -OCH3 is 1. The van der Waals surface area contributed by atoms with Crippen LogP contribution in [-0.2, 0) is 11.0 Å². The Morgan fingerprint density at radius 3 is 2.38 bits per heavy atom. The number of ketones is 1. The Hall–Kier alpha value is -3.01. The highest BCUT2D eigenvalue weighted by Gasteiger charge is 2.32. The largest absolute Gasteiger partial charge is 0.493 e. The van der Waals surface area contributed by atoms with Crippen molar-refractivity contribution < 1.29 is 32.2 Å². The molecule has 0 atom stereocenters. The molecular formula is C21H21ClF3N3O4. The summed E-state index contributed by atoms with van der Waals surface area (Å²) in [6, 6.07) is 5.55. The predicted octanol–water partition coefficient (Wildman–Crippen LogP) is 3.69. The van der Waals surface area contributed by atoms with Crippen LogP contribution >= 0.6 is 11.6 Å². The number of alkyl halides is 3. The van der Waals surface area contributed by atoms with Crippen LogP contribution in [0.3, 0.4) is 0 Å². The number of Topliss-reactive ketones (excluding diaryl/α,β-unsaturated/α-hetero) is 1. The van der Waals surface area contributed by atoms with E-state index in [0.29, 0.717) is 43.2 Å². The van der Waals surface area contributed by atoms with Crippen LogP contribution in [0.2, 0.25) is 5.02 Å². The van der Waals surface area contributed by atoms with Crippen molar-refractivity contribution in [2.24, 2.45) is 0 Å². The molecule has 0 spiro atoms. The molecule has 172 valence electrons. The second-order valence-corrected chi connectivity index (χ2v) is 7.51. The van der Waals surface area contributed by atoms with Crippen molar-refractivity contribution in [2.75, 3.05) is 44.8 Å². The number of carbonyl (C=O) groups excluding carboxylic acids is 2. The van der Waals surface area contributed by atoms with Gasteiger partial charge in [0.05, 0.1) is 17.7 Å². The third-order valence-electron chi connectivity index (χ3n) is 5.00. The number of nitrogens with zero attached hydrogens (tertiary/aromatic N) is 3. The van der Waals surface area contributed by atoms with Crippen LogP contribution in [-0.4, -0.2) is 61.5 Å². The van der Waals surface area contributed by atoms with E-state index in [4.69, 9.17) is 21.1 Å². The number of benzene rings is 1. The summed E-state index contributed by atoms with van der Waals surface area (Å²) in [7, 11) is 1.44. The molecule has 3 rings (SSSR count). The molecule has 1 aliphatic rings. The number of halogens is 4. The lowest BCUT2D eigenvalue weighted by Crippen LogP contribution is -2.50. The monoisotopic (exact) mass is 471 g/mol. The molecule has 2 aromatic rings. The fourth-order valence-electron chi connectivity index (χ4n) is 3.22. The number of pyridine rings is 1. The van der Waals surface area contributed by atoms with E-state index in [1.54, 1.807) is 28.0 Å². The average molecular weight is 472 g/mol.